The number of hydrogen-bond acceptors (Lipinski definition) is 16. The van der Waals surface area contributed by atoms with Gasteiger partial charge in [0.15, 0.2) is 0 Å². The van der Waals surface area contributed by atoms with Gasteiger partial charge >= 0.3 is 35.8 Å². The molecule has 0 atom stereocenters. The molecule has 7 aromatic rings. The predicted molar refractivity (Wildman–Crippen MR) is 619 cm³/mol. The largest absolute Gasteiger partial charge is 0.461 e. The van der Waals surface area contributed by atoms with Crippen LogP contribution in [0.2, 0.25) is 0 Å². The summed E-state index contributed by atoms with van der Waals surface area (Å²) in [6, 6.07) is 31.6. The zero-order valence-electron chi connectivity index (χ0n) is 63.5. The quantitative estimate of drug-likeness (QED) is 0.0124. The molecule has 0 aromatic heterocycles. The van der Waals surface area contributed by atoms with Gasteiger partial charge in [-0.2, -0.15) is 0 Å². The van der Waals surface area contributed by atoms with E-state index in [1.54, 1.807) is 0 Å². The Morgan fingerprint density at radius 3 is 0.836 bits per heavy atom. The van der Waals surface area contributed by atoms with Crippen molar-refractivity contribution >= 4 is 448 Å². The molecule has 0 spiro atoms. The number of halogens is 18. The van der Waals surface area contributed by atoms with Gasteiger partial charge < -0.3 is 39.1 Å². The summed E-state index contributed by atoms with van der Waals surface area (Å²) in [6.07, 6.45) is 22.3. The fraction of sp³-hybridized carbons (Fsp3) is 0.415. The maximum Gasteiger partial charge on any atom is 0.340 e. The van der Waals surface area contributed by atoms with Gasteiger partial charge in [0.1, 0.15) is 39.6 Å². The molecule has 0 unspecified atom stereocenters. The van der Waals surface area contributed by atoms with E-state index in [1.165, 1.54) is 96.3 Å². The highest BCUT2D eigenvalue weighted by Gasteiger charge is 2.25. The Morgan fingerprint density at radius 2 is 0.543 bits per heavy atom. The lowest BCUT2D eigenvalue weighted by Crippen LogP contribution is -2.34. The highest BCUT2D eigenvalue weighted by molar-refractivity contribution is 14.1. The molecule has 634 valence electrons. The Hall–Kier alpha value is 4.18. The summed E-state index contributed by atoms with van der Waals surface area (Å²) in [5.74, 6) is -1.90. The number of aryl methyl sites for hydroxylation is 1. The van der Waals surface area contributed by atoms with Crippen molar-refractivity contribution in [3.63, 3.8) is 0 Å². The van der Waals surface area contributed by atoms with Crippen LogP contribution in [-0.2, 0) is 28.4 Å². The molecule has 0 heterocycles. The summed E-state index contributed by atoms with van der Waals surface area (Å²) in [5.41, 5.74) is 11.4. The van der Waals surface area contributed by atoms with E-state index in [0.29, 0.717) is 92.4 Å². The third kappa shape index (κ3) is 40.9. The topological polar surface area (TPSA) is 194 Å². The molecule has 0 amide bonds. The van der Waals surface area contributed by atoms with Crippen LogP contribution in [0.15, 0.2) is 97.1 Å². The van der Waals surface area contributed by atoms with Crippen molar-refractivity contribution in [1.29, 1.82) is 0 Å². The van der Waals surface area contributed by atoms with Gasteiger partial charge in [-0.25, -0.2) is 28.8 Å². The second-order valence-corrected chi connectivity index (χ2v) is 46.8. The Morgan fingerprint density at radius 1 is 0.284 bits per heavy atom. The number of nitrogens with two attached hydrogens (primary N) is 1. The molecule has 0 aliphatic carbocycles. The second-order valence-electron chi connectivity index (χ2n) is 26.2. The number of carbonyl (C=O) groups is 6. The number of ether oxygens (including phenoxy) is 6. The van der Waals surface area contributed by atoms with Crippen LogP contribution in [0.25, 0.3) is 0 Å². The summed E-state index contributed by atoms with van der Waals surface area (Å²) in [7, 11) is 0. The molecular formula is C82H88I18N4O12. The minimum Gasteiger partial charge on any atom is -0.461 e. The Labute approximate surface area is 929 Å². The highest BCUT2D eigenvalue weighted by Crippen LogP contribution is 2.31. The maximum atomic E-state index is 13.0. The third-order valence-electron chi connectivity index (χ3n) is 17.5. The molecule has 16 nitrogen and oxygen atoms in total. The monoisotopic (exact) mass is 3600 g/mol. The molecule has 7 aromatic carbocycles. The van der Waals surface area contributed by atoms with Crippen LogP contribution in [0.1, 0.15) is 184 Å². The lowest BCUT2D eigenvalue weighted by atomic mass is 10.0. The van der Waals surface area contributed by atoms with E-state index in [0.717, 1.165) is 101 Å². The van der Waals surface area contributed by atoms with E-state index in [4.69, 9.17) is 34.2 Å². The van der Waals surface area contributed by atoms with Crippen LogP contribution in [0.3, 0.4) is 0 Å². The number of anilines is 1. The molecule has 116 heavy (non-hydrogen) atoms. The first-order valence-electron chi connectivity index (χ1n) is 37.2. The standard InChI is InChI=1S/C36H49I6NO4.C25H19I6NO4.C21H20I6N2O4/c1-2-3-4-5-6-7-8-9-10-11-12-13-14-15-16-17-20-43(21-23-46-35(44)28-25-27(37)26-31(40)33(28)41)22-24-47-36(45)32-29(38)18-19-30(39)34(32)42;1-14-2-4-16(5-3-14)32(8-10-35-24(33)17-12-15(26)13-20(29)22(17)30)9-11-36-25(34)21-18(27)6-7-19(28)23(21)31;22-12-10-13(18(26)16(25)11-12)20(30)32-8-6-29(5-1-4-28)7-9-33-21(31)17-14(23)2-3-15(24)19(17)27/h18-19,25-26H,2-17,20-24H2,1H3;2-7,12-13H,8-11H2,1H3;2-3,10-11H,1,4-9,28H2. The van der Waals surface area contributed by atoms with Gasteiger partial charge in [0, 0.05) is 96.1 Å². The van der Waals surface area contributed by atoms with Crippen LogP contribution in [-0.4, -0.2) is 144 Å². The first kappa shape index (κ1) is 111. The minimum atomic E-state index is -0.339. The SMILES string of the molecule is CCCCCCCCCCCCCCCCCCN(CCOC(=O)c1cc(I)cc(I)c1I)CCOC(=O)c1c(I)ccc(I)c1I.Cc1ccc(N(CCOC(=O)c2cc(I)cc(I)c2I)CCOC(=O)c2c(I)ccc(I)c2I)cc1.NCCCN(CCOC(=O)c1cc(I)cc(I)c1I)CCOC(=O)c1c(I)ccc(I)c1I. The first-order chi connectivity index (χ1) is 55.4. The Bertz CT molecular complexity index is 4360. The summed E-state index contributed by atoms with van der Waals surface area (Å²) >= 11 is 39.7. The van der Waals surface area contributed by atoms with Gasteiger partial charge in [-0.1, -0.05) is 121 Å². The van der Waals surface area contributed by atoms with E-state index in [1.807, 2.05) is 97.9 Å². The number of benzene rings is 7. The lowest BCUT2D eigenvalue weighted by Gasteiger charge is -2.25. The van der Waals surface area contributed by atoms with Gasteiger partial charge in [-0.3, -0.25) is 9.80 Å². The van der Waals surface area contributed by atoms with Crippen molar-refractivity contribution in [2.45, 2.75) is 123 Å². The van der Waals surface area contributed by atoms with Crippen LogP contribution in [0.5, 0.6) is 0 Å². The van der Waals surface area contributed by atoms with Crippen LogP contribution in [0, 0.1) is 71.2 Å². The van der Waals surface area contributed by atoms with Crippen molar-refractivity contribution < 1.29 is 57.2 Å². The number of unbranched alkanes of at least 4 members (excludes halogenated alkanes) is 15. The molecule has 0 radical (unpaired) electrons. The normalized spacial score (nSPS) is 11.1. The van der Waals surface area contributed by atoms with Gasteiger partial charge in [-0.05, 0) is 531 Å². The van der Waals surface area contributed by atoms with E-state index >= 15 is 0 Å². The molecule has 0 saturated heterocycles. The van der Waals surface area contributed by atoms with Crippen molar-refractivity contribution in [1.82, 2.24) is 9.80 Å². The molecule has 0 saturated carbocycles. The molecular weight excluding hydrogens is 3520 g/mol. The number of hydrogen-bond donors (Lipinski definition) is 1. The van der Waals surface area contributed by atoms with E-state index in [9.17, 15) is 28.8 Å². The molecule has 0 aliphatic heterocycles. The second kappa shape index (κ2) is 62.5. The molecule has 7 rings (SSSR count). The van der Waals surface area contributed by atoms with Crippen molar-refractivity contribution in [3.8, 4) is 0 Å². The highest BCUT2D eigenvalue weighted by atomic mass is 127. The van der Waals surface area contributed by atoms with Gasteiger partial charge in [0.25, 0.3) is 0 Å². The minimum absolute atomic E-state index is 0.214. The summed E-state index contributed by atoms with van der Waals surface area (Å²) < 4.78 is 51.1. The number of carbonyl (C=O) groups excluding carboxylic acids is 6. The van der Waals surface area contributed by atoms with Gasteiger partial charge in [-0.15, -0.1) is 0 Å². The average Bonchev–Trinajstić information content (AvgIpc) is 0.830. The Balaban J connectivity index is 0.000000316. The van der Waals surface area contributed by atoms with Crippen molar-refractivity contribution in [2.75, 3.05) is 103 Å². The van der Waals surface area contributed by atoms with Crippen molar-refractivity contribution in [3.05, 3.63) is 200 Å². The van der Waals surface area contributed by atoms with E-state index in [2.05, 4.69) is 434 Å². The fourth-order valence-corrected chi connectivity index (χ4v) is 25.4. The fourth-order valence-electron chi connectivity index (χ4n) is 11.3. The maximum absolute atomic E-state index is 13.0. The smallest absolute Gasteiger partial charge is 0.340 e. The van der Waals surface area contributed by atoms with Crippen LogP contribution < -0.4 is 10.6 Å². The molecule has 0 fully saturated rings. The average molecular weight is 3610 g/mol. The molecule has 2 N–H and O–H groups in total. The zero-order valence-corrected chi connectivity index (χ0v) is 102. The Kier molecular flexibility index (Phi) is 59.7. The lowest BCUT2D eigenvalue weighted by molar-refractivity contribution is 0.0376. The number of rotatable bonds is 45. The summed E-state index contributed by atoms with van der Waals surface area (Å²) in [5, 5.41) is 0. The predicted octanol–water partition coefficient (Wildman–Crippen LogP) is 27.0. The first-order valence-corrected chi connectivity index (χ1v) is 56.6. The summed E-state index contributed by atoms with van der Waals surface area (Å²) in [4.78, 5) is 83.1. The molecule has 0 aliphatic rings. The summed E-state index contributed by atoms with van der Waals surface area (Å²) in [6.45, 7) is 11.3. The van der Waals surface area contributed by atoms with Gasteiger partial charge in [0.2, 0.25) is 0 Å². The number of nitrogens with zero attached hydrogens (tertiary/aromatic N) is 3. The van der Waals surface area contributed by atoms with E-state index < -0.39 is 0 Å². The van der Waals surface area contributed by atoms with Gasteiger partial charge in [0.05, 0.1) is 46.5 Å². The third-order valence-corrected chi connectivity index (χ3v) is 40.4. The zero-order chi connectivity index (χ0) is 85.4. The van der Waals surface area contributed by atoms with Crippen molar-refractivity contribution in [2.24, 2.45) is 5.73 Å². The number of esters is 6. The van der Waals surface area contributed by atoms with Crippen LogP contribution >= 0.6 is 407 Å². The molecule has 34 heteroatoms. The van der Waals surface area contributed by atoms with E-state index in [-0.39, 0.29) is 62.2 Å². The van der Waals surface area contributed by atoms with Crippen LogP contribution in [0.4, 0.5) is 5.69 Å². The molecule has 0 bridgehead atoms.